The second-order valence-corrected chi connectivity index (χ2v) is 6.14. The average molecular weight is 300 g/mol. The Hall–Kier alpha value is -1.24. The lowest BCUT2D eigenvalue weighted by molar-refractivity contribution is -0.113. The number of nitrogen functional groups attached to an aromatic ring is 1. The molecule has 0 saturated heterocycles. The van der Waals surface area contributed by atoms with Gasteiger partial charge in [0, 0.05) is 10.7 Å². The van der Waals surface area contributed by atoms with E-state index in [0.29, 0.717) is 21.6 Å². The van der Waals surface area contributed by atoms with Crippen LogP contribution in [-0.2, 0) is 4.79 Å². The first-order chi connectivity index (χ1) is 8.63. The molecule has 2 rings (SSSR count). The summed E-state index contributed by atoms with van der Waals surface area (Å²) in [5.74, 6) is 0.225. The van der Waals surface area contributed by atoms with Gasteiger partial charge in [-0.25, -0.2) is 4.98 Å². The summed E-state index contributed by atoms with van der Waals surface area (Å²) in [7, 11) is 0. The first kappa shape index (κ1) is 13.2. The maximum Gasteiger partial charge on any atom is 0.234 e. The van der Waals surface area contributed by atoms with E-state index in [2.05, 4.69) is 10.3 Å². The average Bonchev–Trinajstić information content (AvgIpc) is 2.73. The number of hydrogen-bond donors (Lipinski definition) is 2. The zero-order chi connectivity index (χ0) is 13.0. The first-order valence-corrected chi connectivity index (χ1v) is 7.21. The van der Waals surface area contributed by atoms with Gasteiger partial charge in [-0.15, -0.1) is 11.8 Å². The Morgan fingerprint density at radius 2 is 2.39 bits per heavy atom. The lowest BCUT2D eigenvalue weighted by Gasteiger charge is -2.04. The molecule has 0 aliphatic rings. The van der Waals surface area contributed by atoms with E-state index in [1.165, 1.54) is 23.1 Å². The minimum atomic E-state index is -0.0887. The molecule has 0 saturated carbocycles. The number of nitrogens with zero attached hydrogens (tertiary/aromatic N) is 1. The van der Waals surface area contributed by atoms with Crippen LogP contribution >= 0.6 is 34.7 Å². The van der Waals surface area contributed by atoms with E-state index >= 15 is 0 Å². The van der Waals surface area contributed by atoms with Crippen molar-refractivity contribution in [1.82, 2.24) is 4.98 Å². The Kier molecular flexibility index (Phi) is 4.46. The summed E-state index contributed by atoms with van der Waals surface area (Å²) in [5.41, 5.74) is 6.20. The van der Waals surface area contributed by atoms with Crippen LogP contribution in [0.1, 0.15) is 0 Å². The lowest BCUT2D eigenvalue weighted by Crippen LogP contribution is -2.13. The Morgan fingerprint density at radius 1 is 1.56 bits per heavy atom. The molecule has 94 valence electrons. The van der Waals surface area contributed by atoms with Crippen molar-refractivity contribution in [2.45, 2.75) is 4.21 Å². The molecule has 0 aliphatic carbocycles. The molecule has 0 aliphatic heterocycles. The van der Waals surface area contributed by atoms with Crippen molar-refractivity contribution in [1.29, 1.82) is 0 Å². The number of thiazole rings is 1. The predicted octanol–water partition coefficient (Wildman–Crippen LogP) is 3.11. The van der Waals surface area contributed by atoms with Crippen molar-refractivity contribution in [2.75, 3.05) is 16.8 Å². The van der Waals surface area contributed by atoms with Gasteiger partial charge in [-0.05, 0) is 18.2 Å². The van der Waals surface area contributed by atoms with Crippen molar-refractivity contribution >= 4 is 51.4 Å². The summed E-state index contributed by atoms with van der Waals surface area (Å²) in [6.07, 6.45) is 1.66. The number of amides is 1. The Balaban J connectivity index is 1.85. The number of aromatic nitrogens is 1. The molecule has 1 aromatic heterocycles. The lowest BCUT2D eigenvalue weighted by atomic mass is 10.3. The third-order valence-corrected chi connectivity index (χ3v) is 4.21. The second-order valence-electron chi connectivity index (χ2n) is 3.36. The highest BCUT2D eigenvalue weighted by Crippen LogP contribution is 2.26. The topological polar surface area (TPSA) is 68.0 Å². The maximum absolute atomic E-state index is 11.7. The number of rotatable bonds is 4. The van der Waals surface area contributed by atoms with Gasteiger partial charge in [-0.3, -0.25) is 4.79 Å². The molecule has 1 aromatic carbocycles. The number of carbonyl (C=O) groups excluding carboxylic acids is 1. The Labute approximate surface area is 118 Å². The van der Waals surface area contributed by atoms with Gasteiger partial charge in [-0.1, -0.05) is 29.0 Å². The molecule has 3 N–H and O–H groups in total. The fraction of sp³-hybridized carbons (Fsp3) is 0.0909. The predicted molar refractivity (Wildman–Crippen MR) is 77.3 cm³/mol. The molecule has 18 heavy (non-hydrogen) atoms. The van der Waals surface area contributed by atoms with Crippen LogP contribution in [-0.4, -0.2) is 16.6 Å². The van der Waals surface area contributed by atoms with Gasteiger partial charge in [0.25, 0.3) is 0 Å². The monoisotopic (exact) mass is 299 g/mol. The molecule has 0 bridgehead atoms. The Morgan fingerprint density at radius 3 is 3.06 bits per heavy atom. The van der Waals surface area contributed by atoms with Crippen LogP contribution in [0, 0.1) is 0 Å². The standard InChI is InChI=1S/C11H10ClN3OS2/c12-7-2-1-3-8(4-7)15-9(16)6-17-10-5-14-11(13)18-10/h1-5H,6H2,(H2,13,14)(H,15,16). The molecular weight excluding hydrogens is 290 g/mol. The van der Waals surface area contributed by atoms with Gasteiger partial charge in [-0.2, -0.15) is 0 Å². The van der Waals surface area contributed by atoms with Crippen LogP contribution in [0.4, 0.5) is 10.8 Å². The fourth-order valence-corrected chi connectivity index (χ4v) is 2.99. The second kappa shape index (κ2) is 6.08. The zero-order valence-corrected chi connectivity index (χ0v) is 11.6. The fourth-order valence-electron chi connectivity index (χ4n) is 1.24. The SMILES string of the molecule is Nc1ncc(SCC(=O)Nc2cccc(Cl)c2)s1. The van der Waals surface area contributed by atoms with Crippen LogP contribution in [0.5, 0.6) is 0 Å². The molecule has 0 radical (unpaired) electrons. The molecule has 0 fully saturated rings. The van der Waals surface area contributed by atoms with Gasteiger partial charge >= 0.3 is 0 Å². The highest BCUT2D eigenvalue weighted by molar-refractivity contribution is 8.01. The van der Waals surface area contributed by atoms with Gasteiger partial charge in [0.15, 0.2) is 5.13 Å². The third-order valence-electron chi connectivity index (χ3n) is 1.96. The number of benzene rings is 1. The highest BCUT2D eigenvalue weighted by atomic mass is 35.5. The number of hydrogen-bond acceptors (Lipinski definition) is 5. The van der Waals surface area contributed by atoms with Crippen LogP contribution < -0.4 is 11.1 Å². The number of thioether (sulfide) groups is 1. The number of carbonyl (C=O) groups is 1. The van der Waals surface area contributed by atoms with E-state index < -0.39 is 0 Å². The molecule has 0 unspecified atom stereocenters. The van der Waals surface area contributed by atoms with Crippen molar-refractivity contribution in [2.24, 2.45) is 0 Å². The molecular formula is C11H10ClN3OS2. The summed E-state index contributed by atoms with van der Waals surface area (Å²) < 4.78 is 0.925. The minimum absolute atomic E-state index is 0.0887. The first-order valence-electron chi connectivity index (χ1n) is 5.03. The molecule has 0 spiro atoms. The zero-order valence-electron chi connectivity index (χ0n) is 9.22. The van der Waals surface area contributed by atoms with Gasteiger partial charge in [0.2, 0.25) is 5.91 Å². The van der Waals surface area contributed by atoms with E-state index in [1.54, 1.807) is 30.5 Å². The molecule has 7 heteroatoms. The van der Waals surface area contributed by atoms with Crippen molar-refractivity contribution in [3.63, 3.8) is 0 Å². The van der Waals surface area contributed by atoms with Crippen LogP contribution in [0.2, 0.25) is 5.02 Å². The highest BCUT2D eigenvalue weighted by Gasteiger charge is 2.06. The molecule has 4 nitrogen and oxygen atoms in total. The molecule has 1 heterocycles. The molecule has 1 amide bonds. The summed E-state index contributed by atoms with van der Waals surface area (Å²) in [5, 5.41) is 3.87. The van der Waals surface area contributed by atoms with Crippen molar-refractivity contribution in [3.05, 3.63) is 35.5 Å². The van der Waals surface area contributed by atoms with Crippen LogP contribution in [0.25, 0.3) is 0 Å². The van der Waals surface area contributed by atoms with E-state index in [0.717, 1.165) is 4.21 Å². The van der Waals surface area contributed by atoms with E-state index in [9.17, 15) is 4.79 Å². The van der Waals surface area contributed by atoms with Crippen molar-refractivity contribution < 1.29 is 4.79 Å². The summed E-state index contributed by atoms with van der Waals surface area (Å²) in [6, 6.07) is 7.04. The number of nitrogens with one attached hydrogen (secondary N) is 1. The van der Waals surface area contributed by atoms with Crippen LogP contribution in [0.3, 0.4) is 0 Å². The van der Waals surface area contributed by atoms with Gasteiger partial charge < -0.3 is 11.1 Å². The summed E-state index contributed by atoms with van der Waals surface area (Å²) in [6.45, 7) is 0. The maximum atomic E-state index is 11.7. The summed E-state index contributed by atoms with van der Waals surface area (Å²) in [4.78, 5) is 15.6. The number of anilines is 2. The quantitative estimate of drug-likeness (QED) is 0.851. The number of halogens is 1. The van der Waals surface area contributed by atoms with E-state index in [4.69, 9.17) is 17.3 Å². The smallest absolute Gasteiger partial charge is 0.234 e. The third kappa shape index (κ3) is 3.90. The number of nitrogens with two attached hydrogens (primary N) is 1. The van der Waals surface area contributed by atoms with Gasteiger partial charge in [0.1, 0.15) is 0 Å². The molecule has 2 aromatic rings. The van der Waals surface area contributed by atoms with Crippen molar-refractivity contribution in [3.8, 4) is 0 Å². The van der Waals surface area contributed by atoms with E-state index in [1.807, 2.05) is 0 Å². The van der Waals surface area contributed by atoms with Gasteiger partial charge in [0.05, 0.1) is 16.2 Å². The Bertz CT molecular complexity index is 559. The minimum Gasteiger partial charge on any atom is -0.375 e. The largest absolute Gasteiger partial charge is 0.375 e. The normalized spacial score (nSPS) is 10.3. The summed E-state index contributed by atoms with van der Waals surface area (Å²) >= 11 is 8.60. The molecule has 0 atom stereocenters. The van der Waals surface area contributed by atoms with Crippen LogP contribution in [0.15, 0.2) is 34.7 Å². The van der Waals surface area contributed by atoms with E-state index in [-0.39, 0.29) is 5.91 Å².